The van der Waals surface area contributed by atoms with Gasteiger partial charge in [0, 0.05) is 10.8 Å². The zero-order valence-corrected chi connectivity index (χ0v) is 12.3. The number of aliphatic carboxylic acids is 1. The summed E-state index contributed by atoms with van der Waals surface area (Å²) in [5.74, 6) is 1.06. The largest absolute Gasteiger partial charge is 0.493 e. The summed E-state index contributed by atoms with van der Waals surface area (Å²) in [5, 5.41) is 11.7. The Morgan fingerprint density at radius 3 is 2.95 bits per heavy atom. The molecule has 1 unspecified atom stereocenters. The van der Waals surface area contributed by atoms with Gasteiger partial charge >= 0.3 is 5.97 Å². The van der Waals surface area contributed by atoms with Crippen molar-refractivity contribution in [2.75, 3.05) is 18.1 Å². The lowest BCUT2D eigenvalue weighted by Crippen LogP contribution is -2.36. The van der Waals surface area contributed by atoms with E-state index < -0.39 is 12.0 Å². The molecule has 1 aromatic carbocycles. The Bertz CT molecular complexity index is 444. The van der Waals surface area contributed by atoms with E-state index in [-0.39, 0.29) is 0 Å². The third-order valence-corrected chi connectivity index (χ3v) is 3.63. The van der Waals surface area contributed by atoms with Gasteiger partial charge in [0.05, 0.1) is 6.61 Å². The molecule has 0 radical (unpaired) electrons. The van der Waals surface area contributed by atoms with Crippen molar-refractivity contribution in [1.82, 2.24) is 5.32 Å². The smallest absolute Gasteiger partial charge is 0.326 e. The van der Waals surface area contributed by atoms with Crippen LogP contribution < -0.4 is 10.1 Å². The zero-order valence-electron chi connectivity index (χ0n) is 10.8. The molecule has 20 heavy (non-hydrogen) atoms. The van der Waals surface area contributed by atoms with Crippen LogP contribution in [0.25, 0.3) is 0 Å². The number of hydrogen-bond acceptors (Lipinski definition) is 4. The fourth-order valence-electron chi connectivity index (χ4n) is 1.44. The van der Waals surface area contributed by atoms with Gasteiger partial charge in [-0.15, -0.1) is 0 Å². The maximum absolute atomic E-state index is 10.8. The summed E-state index contributed by atoms with van der Waals surface area (Å²) in [6, 6.07) is 6.32. The Hall–Kier alpha value is -1.40. The summed E-state index contributed by atoms with van der Waals surface area (Å²) < 4.78 is 5.50. The number of thioether (sulfide) groups is 1. The molecule has 7 heteroatoms. The highest BCUT2D eigenvalue weighted by molar-refractivity contribution is 7.99. The highest BCUT2D eigenvalue weighted by Gasteiger charge is 2.15. The van der Waals surface area contributed by atoms with Crippen LogP contribution in [0.3, 0.4) is 0 Å². The standard InChI is InChI=1S/C13H16ClNO4S/c14-10-2-1-3-11(8-10)19-5-7-20-6-4-12(13(17)18)15-9-16/h1-3,8-9,12H,4-7H2,(H,15,16)(H,17,18). The fraction of sp³-hybridized carbons (Fsp3) is 0.385. The second kappa shape index (κ2) is 9.50. The third-order valence-electron chi connectivity index (χ3n) is 2.41. The highest BCUT2D eigenvalue weighted by Crippen LogP contribution is 2.17. The number of carbonyl (C=O) groups is 2. The van der Waals surface area contributed by atoms with Crippen LogP contribution in [0.2, 0.25) is 5.02 Å². The first-order valence-corrected chi connectivity index (χ1v) is 7.55. The van der Waals surface area contributed by atoms with Crippen LogP contribution in [0, 0.1) is 0 Å². The summed E-state index contributed by atoms with van der Waals surface area (Å²) in [7, 11) is 0. The van der Waals surface area contributed by atoms with Crippen molar-refractivity contribution in [2.45, 2.75) is 12.5 Å². The summed E-state index contributed by atoms with van der Waals surface area (Å²) in [6.07, 6.45) is 0.793. The van der Waals surface area contributed by atoms with Crippen LogP contribution in [-0.2, 0) is 9.59 Å². The lowest BCUT2D eigenvalue weighted by molar-refractivity contribution is -0.140. The number of benzene rings is 1. The molecule has 0 aliphatic carbocycles. The first-order chi connectivity index (χ1) is 9.63. The number of rotatable bonds is 10. The van der Waals surface area contributed by atoms with Crippen molar-refractivity contribution in [3.05, 3.63) is 29.3 Å². The second-order valence-electron chi connectivity index (χ2n) is 3.88. The number of carboxylic acid groups (broad SMARTS) is 1. The minimum Gasteiger partial charge on any atom is -0.493 e. The van der Waals surface area contributed by atoms with Crippen LogP contribution in [0.15, 0.2) is 24.3 Å². The van der Waals surface area contributed by atoms with Gasteiger partial charge < -0.3 is 15.2 Å². The van der Waals surface area contributed by atoms with Gasteiger partial charge in [0.2, 0.25) is 6.41 Å². The van der Waals surface area contributed by atoms with E-state index in [2.05, 4.69) is 5.32 Å². The molecule has 2 N–H and O–H groups in total. The maximum Gasteiger partial charge on any atom is 0.326 e. The van der Waals surface area contributed by atoms with E-state index in [1.54, 1.807) is 23.9 Å². The van der Waals surface area contributed by atoms with Gasteiger partial charge in [0.1, 0.15) is 11.8 Å². The molecule has 0 saturated heterocycles. The average Bonchev–Trinajstić information content (AvgIpc) is 2.41. The molecule has 1 aromatic rings. The zero-order chi connectivity index (χ0) is 14.8. The van der Waals surface area contributed by atoms with Crippen molar-refractivity contribution < 1.29 is 19.4 Å². The van der Waals surface area contributed by atoms with E-state index in [1.807, 2.05) is 12.1 Å². The highest BCUT2D eigenvalue weighted by atomic mass is 35.5. The van der Waals surface area contributed by atoms with E-state index in [1.165, 1.54) is 0 Å². The lowest BCUT2D eigenvalue weighted by atomic mass is 10.2. The quantitative estimate of drug-likeness (QED) is 0.510. The van der Waals surface area contributed by atoms with Gasteiger partial charge in [-0.3, -0.25) is 4.79 Å². The van der Waals surface area contributed by atoms with Crippen LogP contribution in [0.4, 0.5) is 0 Å². The average molecular weight is 318 g/mol. The second-order valence-corrected chi connectivity index (χ2v) is 5.54. The molecule has 0 saturated carbocycles. The van der Waals surface area contributed by atoms with E-state index in [0.717, 1.165) is 5.75 Å². The van der Waals surface area contributed by atoms with E-state index in [4.69, 9.17) is 21.4 Å². The number of amides is 1. The molecule has 1 amide bonds. The van der Waals surface area contributed by atoms with Gasteiger partial charge in [-0.1, -0.05) is 17.7 Å². The minimum absolute atomic E-state index is 0.385. The molecular formula is C13H16ClNO4S. The molecular weight excluding hydrogens is 302 g/mol. The molecule has 0 aliphatic rings. The van der Waals surface area contributed by atoms with E-state index in [0.29, 0.717) is 36.0 Å². The molecule has 0 aliphatic heterocycles. The number of nitrogens with one attached hydrogen (secondary N) is 1. The number of carboxylic acids is 1. The summed E-state index contributed by atoms with van der Waals surface area (Å²) in [5.41, 5.74) is 0. The SMILES string of the molecule is O=CNC(CCSCCOc1cccc(Cl)c1)C(=O)O. The number of ether oxygens (including phenoxy) is 1. The van der Waals surface area contributed by atoms with Crippen LogP contribution in [0.5, 0.6) is 5.75 Å². The normalized spacial score (nSPS) is 11.7. The monoisotopic (exact) mass is 317 g/mol. The van der Waals surface area contributed by atoms with E-state index >= 15 is 0 Å². The molecule has 0 fully saturated rings. The number of hydrogen-bond donors (Lipinski definition) is 2. The van der Waals surface area contributed by atoms with Crippen LogP contribution >= 0.6 is 23.4 Å². The molecule has 0 heterocycles. The molecule has 1 atom stereocenters. The molecule has 5 nitrogen and oxygen atoms in total. The molecule has 0 bridgehead atoms. The first kappa shape index (κ1) is 16.7. The van der Waals surface area contributed by atoms with Crippen molar-refractivity contribution in [3.8, 4) is 5.75 Å². The molecule has 0 spiro atoms. The fourth-order valence-corrected chi connectivity index (χ4v) is 2.43. The molecule has 0 aromatic heterocycles. The molecule has 110 valence electrons. The van der Waals surface area contributed by atoms with Crippen molar-refractivity contribution >= 4 is 35.7 Å². The lowest BCUT2D eigenvalue weighted by Gasteiger charge is -2.10. The summed E-state index contributed by atoms with van der Waals surface area (Å²) in [4.78, 5) is 21.0. The van der Waals surface area contributed by atoms with Crippen LogP contribution in [0.1, 0.15) is 6.42 Å². The minimum atomic E-state index is -1.02. The predicted octanol–water partition coefficient (Wildman–Crippen LogP) is 2.04. The van der Waals surface area contributed by atoms with Gasteiger partial charge in [0.25, 0.3) is 0 Å². The topological polar surface area (TPSA) is 75.6 Å². The maximum atomic E-state index is 10.8. The van der Waals surface area contributed by atoms with Crippen molar-refractivity contribution in [1.29, 1.82) is 0 Å². The van der Waals surface area contributed by atoms with Crippen molar-refractivity contribution in [2.24, 2.45) is 0 Å². The number of carbonyl (C=O) groups excluding carboxylic acids is 1. The predicted molar refractivity (Wildman–Crippen MR) is 79.5 cm³/mol. The third kappa shape index (κ3) is 6.68. The van der Waals surface area contributed by atoms with Gasteiger partial charge in [-0.05, 0) is 30.4 Å². The van der Waals surface area contributed by atoms with Gasteiger partial charge in [0.15, 0.2) is 0 Å². The van der Waals surface area contributed by atoms with Gasteiger partial charge in [-0.2, -0.15) is 11.8 Å². The Kier molecular flexibility index (Phi) is 7.91. The number of halogens is 1. The Balaban J connectivity index is 2.13. The molecule has 1 rings (SSSR count). The Morgan fingerprint density at radius 2 is 2.30 bits per heavy atom. The Morgan fingerprint density at radius 1 is 1.50 bits per heavy atom. The Labute approximate surface area is 126 Å². The van der Waals surface area contributed by atoms with Gasteiger partial charge in [-0.25, -0.2) is 4.79 Å². The van der Waals surface area contributed by atoms with Crippen molar-refractivity contribution in [3.63, 3.8) is 0 Å². The first-order valence-electron chi connectivity index (χ1n) is 6.02. The van der Waals surface area contributed by atoms with E-state index in [9.17, 15) is 9.59 Å². The van der Waals surface area contributed by atoms with Crippen LogP contribution in [-0.4, -0.2) is 41.6 Å². The summed E-state index contributed by atoms with van der Waals surface area (Å²) >= 11 is 7.40. The summed E-state index contributed by atoms with van der Waals surface area (Å²) in [6.45, 7) is 0.518.